The first-order valence-electron chi connectivity index (χ1n) is 29.9. The second kappa shape index (κ2) is 21.7. The van der Waals surface area contributed by atoms with Crippen LogP contribution in [0.3, 0.4) is 0 Å². The van der Waals surface area contributed by atoms with Gasteiger partial charge in [0.1, 0.15) is 11.6 Å². The molecule has 0 bridgehead atoms. The van der Waals surface area contributed by atoms with Gasteiger partial charge in [0.05, 0.1) is 27.6 Å². The molecule has 13 rings (SSSR count). The number of para-hydroxylation sites is 3. The molecule has 430 valence electrons. The zero-order valence-corrected chi connectivity index (χ0v) is 53.6. The number of fused-ring (bicyclic) bond motifs is 5. The Bertz CT molecular complexity index is 4720. The topological polar surface area (TPSA) is 55.9 Å². The van der Waals surface area contributed by atoms with Gasteiger partial charge in [0.2, 0.25) is 0 Å². The molecule has 13 aromatic rings. The molecule has 10 aromatic carbocycles. The largest absolute Gasteiger partial charge is 0.507 e. The van der Waals surface area contributed by atoms with Gasteiger partial charge in [0.15, 0.2) is 0 Å². The van der Waals surface area contributed by atoms with E-state index in [9.17, 15) is 5.11 Å². The van der Waals surface area contributed by atoms with E-state index in [0.29, 0.717) is 11.4 Å². The molecule has 0 unspecified atom stereocenters. The first-order valence-corrected chi connectivity index (χ1v) is 29.9. The molecule has 0 aliphatic rings. The van der Waals surface area contributed by atoms with Crippen molar-refractivity contribution in [1.29, 1.82) is 0 Å². The first kappa shape index (κ1) is 57.8. The van der Waals surface area contributed by atoms with Crippen LogP contribution in [0.1, 0.15) is 105 Å². The van der Waals surface area contributed by atoms with Crippen molar-refractivity contribution in [3.63, 3.8) is 0 Å². The minimum absolute atomic E-state index is 0. The van der Waals surface area contributed by atoms with Crippen LogP contribution in [0.2, 0.25) is 0 Å². The Labute approximate surface area is 521 Å². The van der Waals surface area contributed by atoms with Gasteiger partial charge in [-0.1, -0.05) is 234 Å². The van der Waals surface area contributed by atoms with E-state index >= 15 is 0 Å². The third kappa shape index (κ3) is 10.5. The van der Waals surface area contributed by atoms with Crippen molar-refractivity contribution < 1.29 is 26.2 Å². The fourth-order valence-corrected chi connectivity index (χ4v) is 12.5. The van der Waals surface area contributed by atoms with E-state index in [4.69, 9.17) is 9.97 Å². The Hall–Kier alpha value is -8.63. The SMILES string of the molecule is CC(C)(C)c1cc(-n2c(-c3ccc(-c4c(C(C)(C)C)ccc5cc(C(C)(C)C)ccc45)cc3O)nc3c(-c4[c-]c(-c5cc(-c6cccc7c8ccccc8n(-c8ccccc8)c67)ccn5)ccc4)cc(-c4ccccc4)cc32)cc(C(C)(C)C)c1.[Pt]. The fraction of sp³-hybridized carbons (Fsp3) is 0.200. The molecular formula is C80H73N4OPt-. The Kier molecular flexibility index (Phi) is 14.6. The standard InChI is InChI=1S/C80H73N4O.Pt/c1-77(2,3)57-35-37-62-52(42-57)34-38-68(80(10,11)12)73(62)55-33-36-66(72(85)46-55)76-82-74-67(43-56(50-23-15-13-16-24-50)45-71(74)84(76)61-48-58(78(4,5)6)47-59(49-61)79(7,8)9)51-25-21-26-54(41-51)69-44-53(39-40-81-69)63-30-22-31-65-64-29-19-20-32-70(64)83(75(63)65)60-27-17-14-18-28-60;/h13-40,42-49,85H,1-12H3;/q-1;. The second-order valence-electron chi connectivity index (χ2n) is 27.3. The Morgan fingerprint density at radius 2 is 1.07 bits per heavy atom. The van der Waals surface area contributed by atoms with E-state index in [-0.39, 0.29) is 48.5 Å². The van der Waals surface area contributed by atoms with Crippen molar-refractivity contribution in [1.82, 2.24) is 19.1 Å². The number of phenols is 1. The normalized spacial score (nSPS) is 12.4. The van der Waals surface area contributed by atoms with Crippen LogP contribution in [-0.4, -0.2) is 24.2 Å². The number of phenolic OH excluding ortho intramolecular Hbond substituents is 1. The van der Waals surface area contributed by atoms with Gasteiger partial charge >= 0.3 is 0 Å². The third-order valence-corrected chi connectivity index (χ3v) is 17.1. The summed E-state index contributed by atoms with van der Waals surface area (Å²) < 4.78 is 4.68. The van der Waals surface area contributed by atoms with Gasteiger partial charge < -0.3 is 9.67 Å². The third-order valence-electron chi connectivity index (χ3n) is 17.1. The summed E-state index contributed by atoms with van der Waals surface area (Å²) in [4.78, 5) is 10.8. The quantitative estimate of drug-likeness (QED) is 0.154. The average Bonchev–Trinajstić information content (AvgIpc) is 1.54. The summed E-state index contributed by atoms with van der Waals surface area (Å²) in [5.41, 5.74) is 21.1. The molecule has 86 heavy (non-hydrogen) atoms. The number of aromatic nitrogens is 4. The zero-order chi connectivity index (χ0) is 59.3. The number of hydrogen-bond acceptors (Lipinski definition) is 3. The number of aromatic hydroxyl groups is 1. The summed E-state index contributed by atoms with van der Waals surface area (Å²) in [7, 11) is 0. The summed E-state index contributed by atoms with van der Waals surface area (Å²) in [6.45, 7) is 27.3. The maximum Gasteiger partial charge on any atom is 0.148 e. The minimum Gasteiger partial charge on any atom is -0.507 e. The molecule has 0 aliphatic carbocycles. The zero-order valence-electron chi connectivity index (χ0n) is 51.3. The molecule has 0 atom stereocenters. The number of hydrogen-bond donors (Lipinski definition) is 1. The van der Waals surface area contributed by atoms with Gasteiger partial charge in [0, 0.05) is 60.7 Å². The molecule has 3 heterocycles. The van der Waals surface area contributed by atoms with Gasteiger partial charge in [0.25, 0.3) is 0 Å². The molecule has 0 radical (unpaired) electrons. The molecule has 0 aliphatic heterocycles. The average molecular weight is 1300 g/mol. The molecule has 0 spiro atoms. The fourth-order valence-electron chi connectivity index (χ4n) is 12.5. The van der Waals surface area contributed by atoms with Crippen LogP contribution in [0, 0.1) is 6.07 Å². The summed E-state index contributed by atoms with van der Waals surface area (Å²) >= 11 is 0. The molecular weight excluding hydrogens is 1230 g/mol. The number of rotatable bonds is 8. The Morgan fingerprint density at radius 3 is 1.77 bits per heavy atom. The van der Waals surface area contributed by atoms with Crippen molar-refractivity contribution in [3.05, 3.63) is 247 Å². The van der Waals surface area contributed by atoms with E-state index in [1.54, 1.807) is 0 Å². The van der Waals surface area contributed by atoms with E-state index in [1.165, 1.54) is 38.4 Å². The van der Waals surface area contributed by atoms with Crippen LogP contribution in [0.25, 0.3) is 122 Å². The van der Waals surface area contributed by atoms with Crippen LogP contribution < -0.4 is 0 Å². The predicted molar refractivity (Wildman–Crippen MR) is 359 cm³/mol. The number of nitrogens with zero attached hydrogens (tertiary/aromatic N) is 4. The van der Waals surface area contributed by atoms with Crippen molar-refractivity contribution in [2.24, 2.45) is 0 Å². The van der Waals surface area contributed by atoms with Crippen LogP contribution >= 0.6 is 0 Å². The summed E-state index contributed by atoms with van der Waals surface area (Å²) in [5.74, 6) is 0.803. The van der Waals surface area contributed by atoms with Crippen LogP contribution in [0.4, 0.5) is 0 Å². The van der Waals surface area contributed by atoms with E-state index in [1.807, 2.05) is 12.3 Å². The first-order chi connectivity index (χ1) is 40.6. The van der Waals surface area contributed by atoms with Gasteiger partial charge in [-0.15, -0.1) is 29.8 Å². The molecule has 0 saturated carbocycles. The van der Waals surface area contributed by atoms with Crippen LogP contribution in [-0.2, 0) is 42.7 Å². The van der Waals surface area contributed by atoms with Gasteiger partial charge in [-0.2, -0.15) is 0 Å². The molecule has 5 nitrogen and oxygen atoms in total. The van der Waals surface area contributed by atoms with Crippen molar-refractivity contribution in [2.75, 3.05) is 0 Å². The van der Waals surface area contributed by atoms with E-state index in [2.05, 4.69) is 305 Å². The molecule has 3 aromatic heterocycles. The molecule has 6 heteroatoms. The second-order valence-corrected chi connectivity index (χ2v) is 27.3. The van der Waals surface area contributed by atoms with E-state index < -0.39 is 0 Å². The maximum atomic E-state index is 12.9. The van der Waals surface area contributed by atoms with Crippen LogP contribution in [0.5, 0.6) is 5.75 Å². The molecule has 1 N–H and O–H groups in total. The van der Waals surface area contributed by atoms with Crippen molar-refractivity contribution in [2.45, 2.75) is 105 Å². The van der Waals surface area contributed by atoms with E-state index in [0.717, 1.165) is 94.6 Å². The van der Waals surface area contributed by atoms with Gasteiger partial charge in [-0.25, -0.2) is 4.98 Å². The minimum atomic E-state index is -0.170. The smallest absolute Gasteiger partial charge is 0.148 e. The number of benzene rings is 10. The van der Waals surface area contributed by atoms with Gasteiger partial charge in [-0.3, -0.25) is 9.55 Å². The number of pyridine rings is 1. The molecule has 0 fully saturated rings. The van der Waals surface area contributed by atoms with Crippen molar-refractivity contribution in [3.8, 4) is 84.3 Å². The Morgan fingerprint density at radius 1 is 0.407 bits per heavy atom. The Balaban J connectivity index is 0.00000724. The van der Waals surface area contributed by atoms with Crippen LogP contribution in [0.15, 0.2) is 219 Å². The summed E-state index contributed by atoms with van der Waals surface area (Å²) in [5, 5.41) is 17.6. The monoisotopic (exact) mass is 1300 g/mol. The maximum absolute atomic E-state index is 12.9. The molecule has 0 amide bonds. The summed E-state index contributed by atoms with van der Waals surface area (Å²) in [6.07, 6.45) is 1.92. The van der Waals surface area contributed by atoms with Gasteiger partial charge in [-0.05, 0) is 137 Å². The van der Waals surface area contributed by atoms with Crippen molar-refractivity contribution >= 4 is 43.6 Å². The predicted octanol–water partition coefficient (Wildman–Crippen LogP) is 21.4. The molecule has 0 saturated heterocycles. The number of imidazole rings is 1. The summed E-state index contributed by atoms with van der Waals surface area (Å²) in [6, 6.07) is 80.3.